The van der Waals surface area contributed by atoms with Crippen LogP contribution in [-0.4, -0.2) is 31.3 Å². The molecule has 3 rings (SSSR count). The monoisotopic (exact) mass is 344 g/mol. The average molecular weight is 344 g/mol. The Labute approximate surface area is 142 Å². The van der Waals surface area contributed by atoms with Gasteiger partial charge in [-0.25, -0.2) is 9.37 Å². The number of rotatable bonds is 4. The highest BCUT2D eigenvalue weighted by Crippen LogP contribution is 2.32. The fraction of sp³-hybridized carbons (Fsp3) is 0.118. The van der Waals surface area contributed by atoms with Crippen LogP contribution in [0.15, 0.2) is 42.6 Å². The van der Waals surface area contributed by atoms with Gasteiger partial charge in [-0.15, -0.1) is 0 Å². The lowest BCUT2D eigenvalue weighted by Gasteiger charge is -2.14. The molecule has 2 aromatic carbocycles. The van der Waals surface area contributed by atoms with E-state index in [1.807, 2.05) is 0 Å². The van der Waals surface area contributed by atoms with Gasteiger partial charge in [-0.3, -0.25) is 4.98 Å². The summed E-state index contributed by atoms with van der Waals surface area (Å²) in [5, 5.41) is 19.0. The molecule has 1 atom stereocenters. The van der Waals surface area contributed by atoms with Crippen LogP contribution in [-0.2, 0) is 0 Å². The summed E-state index contributed by atoms with van der Waals surface area (Å²) >= 11 is 4.62. The first-order chi connectivity index (χ1) is 11.4. The van der Waals surface area contributed by atoms with Crippen molar-refractivity contribution < 1.29 is 19.3 Å². The summed E-state index contributed by atoms with van der Waals surface area (Å²) in [7, 11) is 0. The predicted molar refractivity (Wildman–Crippen MR) is 91.9 cm³/mol. The number of aliphatic hydroxyl groups is 1. The number of aromatic hydroxyl groups is 1. The minimum atomic E-state index is -0.716. The lowest BCUT2D eigenvalue weighted by Crippen LogP contribution is -2.21. The predicted octanol–water partition coefficient (Wildman–Crippen LogP) is 3.79. The third-order valence-corrected chi connectivity index (χ3v) is 3.74. The summed E-state index contributed by atoms with van der Waals surface area (Å²) in [6, 6.07) is 8.88. The molecule has 0 amide bonds. The molecule has 24 heavy (non-hydrogen) atoms. The lowest BCUT2D eigenvalue weighted by molar-refractivity contribution is 0.253. The maximum absolute atomic E-state index is 13.2. The van der Waals surface area contributed by atoms with Gasteiger partial charge in [0.15, 0.2) is 22.7 Å². The van der Waals surface area contributed by atoms with Crippen LogP contribution >= 0.6 is 12.2 Å². The van der Waals surface area contributed by atoms with Crippen LogP contribution in [0.25, 0.3) is 22.3 Å². The molecule has 0 aliphatic rings. The molecule has 0 spiro atoms. The quantitative estimate of drug-likeness (QED) is 0.701. The Hall–Kier alpha value is -2.80. The molecule has 122 valence electrons. The van der Waals surface area contributed by atoms with Crippen molar-refractivity contribution in [1.29, 1.82) is 0 Å². The Morgan fingerprint density at radius 2 is 2.00 bits per heavy atom. The Morgan fingerprint density at radius 1 is 1.21 bits per heavy atom. The summed E-state index contributed by atoms with van der Waals surface area (Å²) < 4.78 is 18.5. The van der Waals surface area contributed by atoms with E-state index in [0.29, 0.717) is 22.3 Å². The maximum Gasteiger partial charge on any atom is 0.198 e. The molecule has 1 aromatic heterocycles. The van der Waals surface area contributed by atoms with Crippen LogP contribution in [0.4, 0.5) is 4.39 Å². The van der Waals surface area contributed by atoms with Crippen molar-refractivity contribution >= 4 is 28.3 Å². The molecule has 0 fully saturated rings. The van der Waals surface area contributed by atoms with Crippen molar-refractivity contribution in [3.8, 4) is 22.8 Å². The van der Waals surface area contributed by atoms with Gasteiger partial charge < -0.3 is 14.9 Å². The number of phenolic OH excluding ortho intramolecular Hbond substituents is 1. The van der Waals surface area contributed by atoms with E-state index in [2.05, 4.69) is 22.2 Å². The Morgan fingerprint density at radius 3 is 2.71 bits per heavy atom. The minimum Gasteiger partial charge on any atom is -0.504 e. The van der Waals surface area contributed by atoms with E-state index < -0.39 is 6.10 Å². The third-order valence-electron chi connectivity index (χ3n) is 3.41. The van der Waals surface area contributed by atoms with Crippen molar-refractivity contribution in [3.63, 3.8) is 0 Å². The molecule has 0 aliphatic heterocycles. The molecule has 0 bridgehead atoms. The van der Waals surface area contributed by atoms with Crippen LogP contribution in [0, 0.1) is 5.82 Å². The summed E-state index contributed by atoms with van der Waals surface area (Å²) in [4.78, 5) is 8.58. The average Bonchev–Trinajstić information content (AvgIpc) is 2.56. The highest BCUT2D eigenvalue weighted by atomic mass is 32.1. The number of hydrogen-bond acceptors (Lipinski definition) is 5. The van der Waals surface area contributed by atoms with Gasteiger partial charge >= 0.3 is 0 Å². The molecule has 2 N–H and O–H groups in total. The van der Waals surface area contributed by atoms with Crippen LogP contribution in [0.2, 0.25) is 0 Å². The van der Waals surface area contributed by atoms with E-state index in [4.69, 9.17) is 4.74 Å². The molecule has 7 heteroatoms. The second-order valence-corrected chi connectivity index (χ2v) is 5.59. The first-order valence-corrected chi connectivity index (χ1v) is 7.50. The maximum atomic E-state index is 13.2. The minimum absolute atomic E-state index is 0.114. The SMILES string of the molecule is CC(Oc1ccc(-c2cnc3cc(F)ccc3n2)cc1O)C(O)=S. The van der Waals surface area contributed by atoms with E-state index >= 15 is 0 Å². The fourth-order valence-electron chi connectivity index (χ4n) is 2.14. The highest BCUT2D eigenvalue weighted by Gasteiger charge is 2.13. The fourth-order valence-corrected chi connectivity index (χ4v) is 2.19. The molecule has 0 aliphatic carbocycles. The van der Waals surface area contributed by atoms with E-state index in [-0.39, 0.29) is 22.4 Å². The topological polar surface area (TPSA) is 75.5 Å². The second kappa shape index (κ2) is 6.37. The number of aromatic nitrogens is 2. The number of thiocarbonyl (C=S) groups is 1. The van der Waals surface area contributed by atoms with Gasteiger partial charge in [-0.2, -0.15) is 0 Å². The summed E-state index contributed by atoms with van der Waals surface area (Å²) in [5.74, 6) is -0.297. The summed E-state index contributed by atoms with van der Waals surface area (Å²) in [6.45, 7) is 1.57. The van der Waals surface area contributed by atoms with Crippen LogP contribution in [0.1, 0.15) is 6.92 Å². The van der Waals surface area contributed by atoms with Crippen LogP contribution in [0.3, 0.4) is 0 Å². The van der Waals surface area contributed by atoms with E-state index in [0.717, 1.165) is 0 Å². The molecule has 1 unspecified atom stereocenters. The first kappa shape index (κ1) is 16.1. The van der Waals surface area contributed by atoms with Crippen LogP contribution < -0.4 is 4.74 Å². The van der Waals surface area contributed by atoms with Crippen molar-refractivity contribution in [2.24, 2.45) is 0 Å². The molecule has 5 nitrogen and oxygen atoms in total. The Bertz CT molecular complexity index is 933. The highest BCUT2D eigenvalue weighted by molar-refractivity contribution is 7.80. The van der Waals surface area contributed by atoms with Crippen LogP contribution in [0.5, 0.6) is 11.5 Å². The largest absolute Gasteiger partial charge is 0.504 e. The Kier molecular flexibility index (Phi) is 4.26. The number of aliphatic hydroxyl groups excluding tert-OH is 1. The molecule has 1 heterocycles. The molecular formula is C17H13FN2O3S. The Balaban J connectivity index is 1.94. The number of nitrogens with zero attached hydrogens (tertiary/aromatic N) is 2. The summed E-state index contributed by atoms with van der Waals surface area (Å²) in [6.07, 6.45) is 0.787. The molecule has 0 saturated heterocycles. The zero-order valence-corrected chi connectivity index (χ0v) is 13.4. The standard InChI is InChI=1S/C17H13FN2O3S/c1-9(17(22)24)23-16-5-2-10(6-15(16)21)14-8-19-13-7-11(18)3-4-12(13)20-14/h2-9,21H,1H3,(H,22,24). The first-order valence-electron chi connectivity index (χ1n) is 7.09. The summed E-state index contributed by atoms with van der Waals surface area (Å²) in [5.41, 5.74) is 2.15. The number of benzene rings is 2. The van der Waals surface area contributed by atoms with Crippen molar-refractivity contribution in [2.45, 2.75) is 13.0 Å². The third kappa shape index (κ3) is 3.26. The van der Waals surface area contributed by atoms with Crippen molar-refractivity contribution in [1.82, 2.24) is 9.97 Å². The molecule has 0 radical (unpaired) electrons. The normalized spacial score (nSPS) is 12.1. The van der Waals surface area contributed by atoms with E-state index in [9.17, 15) is 14.6 Å². The van der Waals surface area contributed by atoms with Crippen molar-refractivity contribution in [3.05, 3.63) is 48.4 Å². The number of fused-ring (bicyclic) bond motifs is 1. The van der Waals surface area contributed by atoms with Gasteiger partial charge in [-0.05, 0) is 49.5 Å². The molecule has 0 saturated carbocycles. The van der Waals surface area contributed by atoms with Gasteiger partial charge in [-0.1, -0.05) is 0 Å². The van der Waals surface area contributed by atoms with Gasteiger partial charge in [0.25, 0.3) is 0 Å². The van der Waals surface area contributed by atoms with Gasteiger partial charge in [0.2, 0.25) is 0 Å². The molecule has 3 aromatic rings. The lowest BCUT2D eigenvalue weighted by atomic mass is 10.1. The number of halogens is 1. The smallest absolute Gasteiger partial charge is 0.198 e. The number of hydrogen-bond donors (Lipinski definition) is 2. The van der Waals surface area contributed by atoms with E-state index in [1.54, 1.807) is 25.1 Å². The van der Waals surface area contributed by atoms with Crippen molar-refractivity contribution in [2.75, 3.05) is 0 Å². The van der Waals surface area contributed by atoms with Gasteiger partial charge in [0.05, 0.1) is 22.9 Å². The van der Waals surface area contributed by atoms with Gasteiger partial charge in [0, 0.05) is 11.6 Å². The van der Waals surface area contributed by atoms with E-state index in [1.165, 1.54) is 24.4 Å². The number of ether oxygens (including phenoxy) is 1. The molecular weight excluding hydrogens is 331 g/mol. The van der Waals surface area contributed by atoms with Gasteiger partial charge in [0.1, 0.15) is 5.82 Å². The zero-order valence-electron chi connectivity index (χ0n) is 12.6. The second-order valence-electron chi connectivity index (χ2n) is 5.17. The number of phenols is 1. The zero-order chi connectivity index (χ0) is 17.3.